The van der Waals surface area contributed by atoms with Gasteiger partial charge in [-0.15, -0.1) is 0 Å². The summed E-state index contributed by atoms with van der Waals surface area (Å²) in [6, 6.07) is 13.9. The van der Waals surface area contributed by atoms with Gasteiger partial charge in [0.15, 0.2) is 0 Å². The molecule has 1 N–H and O–H groups in total. The molecule has 0 unspecified atom stereocenters. The molecule has 32 heavy (non-hydrogen) atoms. The molecule has 2 heterocycles. The summed E-state index contributed by atoms with van der Waals surface area (Å²) in [5.41, 5.74) is 0.226. The lowest BCUT2D eigenvalue weighted by molar-refractivity contribution is -0.137. The van der Waals surface area contributed by atoms with E-state index >= 15 is 0 Å². The number of alkyl halides is 3. The monoisotopic (exact) mass is 444 g/mol. The van der Waals surface area contributed by atoms with Crippen LogP contribution in [0.15, 0.2) is 59.1 Å². The number of aromatic nitrogens is 2. The van der Waals surface area contributed by atoms with Crippen LogP contribution in [0.2, 0.25) is 0 Å². The maximum absolute atomic E-state index is 13.0. The van der Waals surface area contributed by atoms with E-state index in [0.717, 1.165) is 37.2 Å². The van der Waals surface area contributed by atoms with Crippen molar-refractivity contribution in [3.63, 3.8) is 0 Å². The lowest BCUT2D eigenvalue weighted by atomic mass is 9.96. The van der Waals surface area contributed by atoms with Crippen molar-refractivity contribution in [3.8, 4) is 11.4 Å². The van der Waals surface area contributed by atoms with E-state index in [4.69, 9.17) is 4.52 Å². The first-order valence-electron chi connectivity index (χ1n) is 10.4. The summed E-state index contributed by atoms with van der Waals surface area (Å²) in [5, 5.41) is 6.82. The zero-order valence-corrected chi connectivity index (χ0v) is 17.5. The van der Waals surface area contributed by atoms with E-state index < -0.39 is 11.7 Å². The second-order valence-corrected chi connectivity index (χ2v) is 7.90. The smallest absolute Gasteiger partial charge is 0.337 e. The van der Waals surface area contributed by atoms with Crippen LogP contribution in [-0.4, -0.2) is 34.0 Å². The van der Waals surface area contributed by atoms with Crippen molar-refractivity contribution < 1.29 is 22.5 Å². The Bertz CT molecular complexity index is 1070. The van der Waals surface area contributed by atoms with Crippen molar-refractivity contribution in [1.82, 2.24) is 15.0 Å². The molecule has 1 aliphatic heterocycles. The first kappa shape index (κ1) is 22.0. The Balaban J connectivity index is 1.44. The van der Waals surface area contributed by atoms with Crippen molar-refractivity contribution in [1.29, 1.82) is 0 Å². The SMILES string of the molecule is C[C@@H](c1nc(-c2cccc(C(F)(F)F)c2)no1)N1CCC[C@H](C(=O)Nc2ccccc2)C1. The maximum Gasteiger partial charge on any atom is 0.416 e. The van der Waals surface area contributed by atoms with E-state index in [9.17, 15) is 18.0 Å². The van der Waals surface area contributed by atoms with Crippen molar-refractivity contribution >= 4 is 11.6 Å². The number of rotatable bonds is 5. The van der Waals surface area contributed by atoms with E-state index in [1.54, 1.807) is 0 Å². The molecule has 1 aromatic heterocycles. The van der Waals surface area contributed by atoms with Gasteiger partial charge in [-0.1, -0.05) is 35.5 Å². The summed E-state index contributed by atoms with van der Waals surface area (Å²) in [6.45, 7) is 3.18. The zero-order chi connectivity index (χ0) is 22.7. The molecule has 168 valence electrons. The number of hydrogen-bond donors (Lipinski definition) is 1. The molecule has 2 aromatic carbocycles. The number of carbonyl (C=O) groups is 1. The third kappa shape index (κ3) is 4.99. The van der Waals surface area contributed by atoms with E-state index in [0.29, 0.717) is 12.4 Å². The number of benzene rings is 2. The molecule has 0 saturated carbocycles. The van der Waals surface area contributed by atoms with Crippen LogP contribution in [0.25, 0.3) is 11.4 Å². The number of likely N-dealkylation sites (tertiary alicyclic amines) is 1. The second-order valence-electron chi connectivity index (χ2n) is 7.90. The first-order valence-corrected chi connectivity index (χ1v) is 10.4. The minimum absolute atomic E-state index is 0.0386. The minimum atomic E-state index is -4.45. The topological polar surface area (TPSA) is 71.3 Å². The van der Waals surface area contributed by atoms with Crippen LogP contribution < -0.4 is 5.32 Å². The highest BCUT2D eigenvalue weighted by Crippen LogP contribution is 2.32. The number of anilines is 1. The Morgan fingerprint density at radius 3 is 2.72 bits per heavy atom. The molecule has 2 atom stereocenters. The summed E-state index contributed by atoms with van der Waals surface area (Å²) < 4.78 is 44.4. The van der Waals surface area contributed by atoms with Gasteiger partial charge in [0, 0.05) is 17.8 Å². The summed E-state index contributed by atoms with van der Waals surface area (Å²) in [6.07, 6.45) is -2.83. The number of amides is 1. The Morgan fingerprint density at radius 2 is 1.97 bits per heavy atom. The third-order valence-corrected chi connectivity index (χ3v) is 5.66. The standard InChI is InChI=1S/C23H23F3N4O2/c1-15(22-28-20(29-32-22)16-7-5-9-18(13-16)23(24,25)26)30-12-6-8-17(14-30)21(31)27-19-10-3-2-4-11-19/h2-5,7,9-11,13,15,17H,6,8,12,14H2,1H3,(H,27,31)/t15-,17-/m0/s1. The molecule has 0 spiro atoms. The van der Waals surface area contributed by atoms with Crippen molar-refractivity contribution in [3.05, 3.63) is 66.1 Å². The summed E-state index contributed by atoms with van der Waals surface area (Å²) in [7, 11) is 0. The molecule has 0 bridgehead atoms. The fourth-order valence-electron chi connectivity index (χ4n) is 3.85. The number of nitrogens with one attached hydrogen (secondary N) is 1. The number of nitrogens with zero attached hydrogens (tertiary/aromatic N) is 3. The van der Waals surface area contributed by atoms with Gasteiger partial charge < -0.3 is 9.84 Å². The third-order valence-electron chi connectivity index (χ3n) is 5.66. The highest BCUT2D eigenvalue weighted by molar-refractivity contribution is 5.92. The maximum atomic E-state index is 13.0. The average Bonchev–Trinajstić information content (AvgIpc) is 3.29. The molecule has 1 saturated heterocycles. The minimum Gasteiger partial charge on any atom is -0.337 e. The Kier molecular flexibility index (Phi) is 6.27. The second kappa shape index (κ2) is 9.12. The summed E-state index contributed by atoms with van der Waals surface area (Å²) in [4.78, 5) is 19.1. The molecule has 3 aromatic rings. The number of para-hydroxylation sites is 1. The largest absolute Gasteiger partial charge is 0.416 e. The van der Waals surface area contributed by atoms with Gasteiger partial charge in [0.05, 0.1) is 17.5 Å². The van der Waals surface area contributed by atoms with Gasteiger partial charge in [0.1, 0.15) is 0 Å². The first-order chi connectivity index (χ1) is 15.3. The van der Waals surface area contributed by atoms with E-state index in [1.165, 1.54) is 12.1 Å². The quantitative estimate of drug-likeness (QED) is 0.588. The Labute approximate surface area is 183 Å². The van der Waals surface area contributed by atoms with Gasteiger partial charge >= 0.3 is 6.18 Å². The van der Waals surface area contributed by atoms with Crippen molar-refractivity contribution in [2.45, 2.75) is 32.0 Å². The van der Waals surface area contributed by atoms with Gasteiger partial charge in [-0.2, -0.15) is 18.2 Å². The van der Waals surface area contributed by atoms with Gasteiger partial charge in [0.25, 0.3) is 0 Å². The average molecular weight is 444 g/mol. The van der Waals surface area contributed by atoms with Gasteiger partial charge in [-0.3, -0.25) is 9.69 Å². The number of halogens is 3. The fraction of sp³-hybridized carbons (Fsp3) is 0.348. The van der Waals surface area contributed by atoms with Crippen LogP contribution in [0, 0.1) is 5.92 Å². The number of carbonyl (C=O) groups excluding carboxylic acids is 1. The molecule has 0 radical (unpaired) electrons. The zero-order valence-electron chi connectivity index (χ0n) is 17.5. The highest BCUT2D eigenvalue weighted by Gasteiger charge is 2.32. The summed E-state index contributed by atoms with van der Waals surface area (Å²) >= 11 is 0. The molecule has 1 aliphatic rings. The van der Waals surface area contributed by atoms with E-state index in [-0.39, 0.29) is 29.3 Å². The van der Waals surface area contributed by atoms with Crippen LogP contribution in [-0.2, 0) is 11.0 Å². The van der Waals surface area contributed by atoms with E-state index in [1.807, 2.05) is 37.3 Å². The Morgan fingerprint density at radius 1 is 1.19 bits per heavy atom. The fourth-order valence-corrected chi connectivity index (χ4v) is 3.85. The predicted molar refractivity (Wildman–Crippen MR) is 113 cm³/mol. The molecule has 0 aliphatic carbocycles. The van der Waals surface area contributed by atoms with Crippen molar-refractivity contribution in [2.75, 3.05) is 18.4 Å². The molecular formula is C23H23F3N4O2. The van der Waals surface area contributed by atoms with Crippen LogP contribution in [0.1, 0.15) is 37.3 Å². The van der Waals surface area contributed by atoms with Crippen molar-refractivity contribution in [2.24, 2.45) is 5.92 Å². The molecule has 1 amide bonds. The van der Waals surface area contributed by atoms with Gasteiger partial charge in [-0.05, 0) is 50.6 Å². The predicted octanol–water partition coefficient (Wildman–Crippen LogP) is 5.17. The van der Waals surface area contributed by atoms with Crippen LogP contribution in [0.5, 0.6) is 0 Å². The molecule has 9 heteroatoms. The van der Waals surface area contributed by atoms with Crippen LogP contribution >= 0.6 is 0 Å². The molecule has 4 rings (SSSR count). The lowest BCUT2D eigenvalue weighted by Gasteiger charge is -2.34. The van der Waals surface area contributed by atoms with Crippen LogP contribution in [0.4, 0.5) is 18.9 Å². The Hall–Kier alpha value is -3.20. The number of hydrogen-bond acceptors (Lipinski definition) is 5. The normalized spacial score (nSPS) is 18.3. The number of piperidine rings is 1. The van der Waals surface area contributed by atoms with Gasteiger partial charge in [0.2, 0.25) is 17.6 Å². The van der Waals surface area contributed by atoms with E-state index in [2.05, 4.69) is 20.4 Å². The molecule has 1 fully saturated rings. The molecule has 6 nitrogen and oxygen atoms in total. The summed E-state index contributed by atoms with van der Waals surface area (Å²) in [5.74, 6) is 0.190. The van der Waals surface area contributed by atoms with Crippen LogP contribution in [0.3, 0.4) is 0 Å². The highest BCUT2D eigenvalue weighted by atomic mass is 19.4. The molecular weight excluding hydrogens is 421 g/mol. The van der Waals surface area contributed by atoms with Gasteiger partial charge in [-0.25, -0.2) is 0 Å². The lowest BCUT2D eigenvalue weighted by Crippen LogP contribution is -2.41.